The van der Waals surface area contributed by atoms with Gasteiger partial charge in [-0.1, -0.05) is 57.8 Å². The van der Waals surface area contributed by atoms with Gasteiger partial charge in [0.2, 0.25) is 5.79 Å². The second-order valence-electron chi connectivity index (χ2n) is 8.19. The average Bonchev–Trinajstić information content (AvgIpc) is 2.61. The zero-order valence-corrected chi connectivity index (χ0v) is 16.8. The van der Waals surface area contributed by atoms with Crippen molar-refractivity contribution in [1.29, 1.82) is 0 Å². The Morgan fingerprint density at radius 2 is 1.30 bits per heavy atom. The number of hydrogen-bond donors (Lipinski definition) is 1. The van der Waals surface area contributed by atoms with E-state index in [1.54, 1.807) is 0 Å². The van der Waals surface area contributed by atoms with Gasteiger partial charge in [0.1, 0.15) is 0 Å². The summed E-state index contributed by atoms with van der Waals surface area (Å²) in [4.78, 5) is 33.3. The summed E-state index contributed by atoms with van der Waals surface area (Å²) in [6.45, 7) is 1.01. The van der Waals surface area contributed by atoms with Crippen LogP contribution >= 0.6 is 0 Å². The average molecular weight is 387 g/mol. The molecule has 27 heavy (non-hydrogen) atoms. The highest BCUT2D eigenvalue weighted by Crippen LogP contribution is 2.32. The van der Waals surface area contributed by atoms with Crippen LogP contribution in [0, 0.1) is 5.92 Å². The first kappa shape index (κ1) is 22.6. The summed E-state index contributed by atoms with van der Waals surface area (Å²) in [5, 5.41) is 8.68. The van der Waals surface area contributed by atoms with E-state index < -0.39 is 11.8 Å². The SMILES string of the molecule is O=C(O)CCCCCC1COOC2(CCCCCCCCCCC2)OOC1. The van der Waals surface area contributed by atoms with Gasteiger partial charge in [0.15, 0.2) is 0 Å². The van der Waals surface area contributed by atoms with Crippen molar-refractivity contribution in [1.82, 2.24) is 0 Å². The van der Waals surface area contributed by atoms with Crippen molar-refractivity contribution in [3.8, 4) is 0 Å². The molecule has 6 nitrogen and oxygen atoms in total. The maximum absolute atomic E-state index is 10.5. The molecule has 0 atom stereocenters. The Morgan fingerprint density at radius 3 is 1.81 bits per heavy atom. The number of carboxylic acid groups (broad SMARTS) is 1. The minimum absolute atomic E-state index is 0.221. The van der Waals surface area contributed by atoms with E-state index in [-0.39, 0.29) is 12.3 Å². The van der Waals surface area contributed by atoms with Gasteiger partial charge in [-0.2, -0.15) is 9.78 Å². The molecule has 1 saturated heterocycles. The van der Waals surface area contributed by atoms with Crippen molar-refractivity contribution < 1.29 is 29.5 Å². The number of rotatable bonds is 6. The van der Waals surface area contributed by atoms with Crippen LogP contribution in [0.15, 0.2) is 0 Å². The Kier molecular flexibility index (Phi) is 11.3. The van der Waals surface area contributed by atoms with Crippen molar-refractivity contribution in [2.75, 3.05) is 13.2 Å². The van der Waals surface area contributed by atoms with E-state index in [2.05, 4.69) is 0 Å². The third kappa shape index (κ3) is 9.88. The quantitative estimate of drug-likeness (QED) is 0.476. The fourth-order valence-corrected chi connectivity index (χ4v) is 3.91. The molecule has 1 saturated carbocycles. The fourth-order valence-electron chi connectivity index (χ4n) is 3.91. The van der Waals surface area contributed by atoms with Crippen molar-refractivity contribution in [3.63, 3.8) is 0 Å². The Balaban J connectivity index is 1.72. The number of hydrogen-bond acceptors (Lipinski definition) is 5. The second kappa shape index (κ2) is 13.5. The molecule has 6 heteroatoms. The van der Waals surface area contributed by atoms with Crippen molar-refractivity contribution in [2.45, 2.75) is 109 Å². The van der Waals surface area contributed by atoms with E-state index in [1.807, 2.05) is 0 Å². The third-order valence-corrected chi connectivity index (χ3v) is 5.65. The number of unbranched alkanes of at least 4 members (excludes halogenated alkanes) is 2. The summed E-state index contributed by atoms with van der Waals surface area (Å²) in [5.41, 5.74) is 0. The molecule has 1 N–H and O–H groups in total. The van der Waals surface area contributed by atoms with Gasteiger partial charge in [0.25, 0.3) is 0 Å². The molecule has 0 unspecified atom stereocenters. The topological polar surface area (TPSA) is 74.2 Å². The smallest absolute Gasteiger partial charge is 0.303 e. The fraction of sp³-hybridized carbons (Fsp3) is 0.952. The predicted molar refractivity (Wildman–Crippen MR) is 102 cm³/mol. The van der Waals surface area contributed by atoms with Gasteiger partial charge in [-0.25, -0.2) is 9.78 Å². The molecule has 2 aliphatic rings. The van der Waals surface area contributed by atoms with Crippen LogP contribution in [0.3, 0.4) is 0 Å². The Labute approximate surface area is 163 Å². The van der Waals surface area contributed by atoms with Gasteiger partial charge >= 0.3 is 5.97 Å². The van der Waals surface area contributed by atoms with E-state index in [0.717, 1.165) is 51.4 Å². The Hall–Kier alpha value is -0.690. The van der Waals surface area contributed by atoms with Gasteiger partial charge in [-0.15, -0.1) is 0 Å². The van der Waals surface area contributed by atoms with E-state index in [0.29, 0.717) is 13.2 Å². The molecule has 0 radical (unpaired) electrons. The number of aliphatic carboxylic acids is 1. The highest BCUT2D eigenvalue weighted by molar-refractivity contribution is 5.66. The normalized spacial score (nSPS) is 23.7. The molecule has 0 aromatic carbocycles. The summed E-state index contributed by atoms with van der Waals surface area (Å²) in [6, 6.07) is 0. The molecule has 0 bridgehead atoms. The number of carboxylic acids is 1. The summed E-state index contributed by atoms with van der Waals surface area (Å²) in [6.07, 6.45) is 16.5. The largest absolute Gasteiger partial charge is 0.481 e. The molecule has 0 aromatic rings. The Morgan fingerprint density at radius 1 is 0.778 bits per heavy atom. The monoisotopic (exact) mass is 386 g/mol. The molecule has 1 spiro atoms. The molecule has 1 aliphatic carbocycles. The van der Waals surface area contributed by atoms with Gasteiger partial charge in [0.05, 0.1) is 13.2 Å². The van der Waals surface area contributed by atoms with Gasteiger partial charge in [-0.05, 0) is 25.7 Å². The lowest BCUT2D eigenvalue weighted by atomic mass is 9.97. The molecule has 0 aromatic heterocycles. The standard InChI is InChI=1S/C21H38O6/c22-20(23)14-10-8-9-13-19-17-24-26-21(27-25-18-19)15-11-6-4-2-1-3-5-7-12-16-21/h19H,1-18H2,(H,22,23). The lowest BCUT2D eigenvalue weighted by Crippen LogP contribution is -2.40. The molecule has 2 fully saturated rings. The van der Waals surface area contributed by atoms with Crippen molar-refractivity contribution >= 4 is 5.97 Å². The molecular formula is C21H38O6. The van der Waals surface area contributed by atoms with Gasteiger partial charge < -0.3 is 5.11 Å². The minimum atomic E-state index is -0.758. The predicted octanol–water partition coefficient (Wildman–Crippen LogP) is 5.55. The summed E-state index contributed by atoms with van der Waals surface area (Å²) < 4.78 is 0. The first-order valence-electron chi connectivity index (χ1n) is 11.0. The van der Waals surface area contributed by atoms with E-state index in [9.17, 15) is 4.79 Å². The lowest BCUT2D eigenvalue weighted by Gasteiger charge is -2.34. The maximum atomic E-state index is 10.5. The summed E-state index contributed by atoms with van der Waals surface area (Å²) >= 11 is 0. The zero-order chi connectivity index (χ0) is 19.2. The first-order chi connectivity index (χ1) is 13.2. The van der Waals surface area contributed by atoms with Crippen LogP contribution in [-0.2, 0) is 24.3 Å². The number of carbonyl (C=O) groups is 1. The molecular weight excluding hydrogens is 348 g/mol. The Bertz CT molecular complexity index is 376. The first-order valence-corrected chi connectivity index (χ1v) is 11.0. The van der Waals surface area contributed by atoms with Crippen molar-refractivity contribution in [2.24, 2.45) is 5.92 Å². The third-order valence-electron chi connectivity index (χ3n) is 5.65. The summed E-state index contributed by atoms with van der Waals surface area (Å²) in [7, 11) is 0. The highest BCUT2D eigenvalue weighted by Gasteiger charge is 2.36. The van der Waals surface area contributed by atoms with E-state index in [4.69, 9.17) is 24.7 Å². The van der Waals surface area contributed by atoms with Crippen LogP contribution < -0.4 is 0 Å². The van der Waals surface area contributed by atoms with Gasteiger partial charge in [-0.3, -0.25) is 4.79 Å². The van der Waals surface area contributed by atoms with Gasteiger partial charge in [0, 0.05) is 25.2 Å². The van der Waals surface area contributed by atoms with Crippen LogP contribution in [0.4, 0.5) is 0 Å². The van der Waals surface area contributed by atoms with Crippen LogP contribution in [-0.4, -0.2) is 30.1 Å². The maximum Gasteiger partial charge on any atom is 0.303 e. The minimum Gasteiger partial charge on any atom is -0.481 e. The molecule has 158 valence electrons. The van der Waals surface area contributed by atoms with Crippen LogP contribution in [0.5, 0.6) is 0 Å². The summed E-state index contributed by atoms with van der Waals surface area (Å²) in [5.74, 6) is -1.26. The van der Waals surface area contributed by atoms with Crippen LogP contribution in [0.1, 0.15) is 103 Å². The zero-order valence-electron chi connectivity index (χ0n) is 16.8. The molecule has 1 aliphatic heterocycles. The molecule has 2 rings (SSSR count). The molecule has 0 amide bonds. The highest BCUT2D eigenvalue weighted by atomic mass is 17.3. The van der Waals surface area contributed by atoms with E-state index >= 15 is 0 Å². The van der Waals surface area contributed by atoms with E-state index in [1.165, 1.54) is 44.9 Å². The van der Waals surface area contributed by atoms with Crippen LogP contribution in [0.2, 0.25) is 0 Å². The second-order valence-corrected chi connectivity index (χ2v) is 8.19. The van der Waals surface area contributed by atoms with Crippen LogP contribution in [0.25, 0.3) is 0 Å². The lowest BCUT2D eigenvalue weighted by molar-refractivity contribution is -0.531. The molecule has 1 heterocycles. The van der Waals surface area contributed by atoms with Crippen molar-refractivity contribution in [3.05, 3.63) is 0 Å².